The molecule has 2 aromatic heterocycles. The zero-order valence-electron chi connectivity index (χ0n) is 8.50. The van der Waals surface area contributed by atoms with Crippen molar-refractivity contribution in [2.24, 2.45) is 0 Å². The van der Waals surface area contributed by atoms with E-state index in [1.165, 1.54) is 0 Å². The maximum absolute atomic E-state index is 4.06. The number of hydrogen-bond donors (Lipinski definition) is 1. The molecule has 1 aromatic carbocycles. The van der Waals surface area contributed by atoms with Gasteiger partial charge in [-0.2, -0.15) is 0 Å². The van der Waals surface area contributed by atoms with Crippen LogP contribution in [0.5, 0.6) is 0 Å². The van der Waals surface area contributed by atoms with Gasteiger partial charge in [0.1, 0.15) is 0 Å². The Morgan fingerprint density at radius 3 is 2.19 bits per heavy atom. The van der Waals surface area contributed by atoms with Gasteiger partial charge in [-0.05, 0) is 24.3 Å². The Kier molecular flexibility index (Phi) is 5.25. The zero-order chi connectivity index (χ0) is 10.3. The summed E-state index contributed by atoms with van der Waals surface area (Å²) < 4.78 is 0. The van der Waals surface area contributed by atoms with E-state index in [0.717, 1.165) is 11.0 Å². The number of hydrogen-bond acceptors (Lipinski definition) is 2. The second kappa shape index (κ2) is 6.76. The van der Waals surface area contributed by atoms with Gasteiger partial charge in [-0.25, -0.2) is 4.98 Å². The van der Waals surface area contributed by atoms with Crippen LogP contribution in [0, 0.1) is 0 Å². The fourth-order valence-corrected chi connectivity index (χ4v) is 1.19. The Hall–Kier alpha value is -1.65. The molecule has 0 aliphatic carbocycles. The van der Waals surface area contributed by atoms with Crippen molar-refractivity contribution in [3.63, 3.8) is 0 Å². The quantitative estimate of drug-likeness (QED) is 0.671. The number of para-hydroxylation sites is 2. The van der Waals surface area contributed by atoms with Crippen molar-refractivity contribution in [2.75, 3.05) is 0 Å². The molecule has 0 aliphatic rings. The molecule has 0 unspecified atom stereocenters. The average molecular weight is 256 g/mol. The molecule has 0 spiro atoms. The van der Waals surface area contributed by atoms with Crippen LogP contribution < -0.4 is 0 Å². The molecule has 3 aromatic rings. The van der Waals surface area contributed by atoms with E-state index in [2.05, 4.69) is 15.0 Å². The predicted octanol–water partition coefficient (Wildman–Crippen LogP) is 2.64. The summed E-state index contributed by atoms with van der Waals surface area (Å²) in [6, 6.07) is 13.7. The van der Waals surface area contributed by atoms with E-state index in [1.807, 2.05) is 42.5 Å². The van der Waals surface area contributed by atoms with Crippen molar-refractivity contribution >= 4 is 11.0 Å². The molecule has 16 heavy (non-hydrogen) atoms. The van der Waals surface area contributed by atoms with Crippen LogP contribution in [0.15, 0.2) is 61.2 Å². The summed E-state index contributed by atoms with van der Waals surface area (Å²) in [5, 5.41) is 0. The number of H-pyrrole nitrogens is 1. The number of benzene rings is 1. The van der Waals surface area contributed by atoms with Crippen LogP contribution in [-0.4, -0.2) is 15.0 Å². The maximum Gasteiger partial charge on any atom is 2.00 e. The molecule has 0 saturated carbocycles. The Morgan fingerprint density at radius 2 is 1.62 bits per heavy atom. The van der Waals surface area contributed by atoms with Gasteiger partial charge >= 0.3 is 16.8 Å². The van der Waals surface area contributed by atoms with Crippen molar-refractivity contribution in [1.29, 1.82) is 0 Å². The minimum absolute atomic E-state index is 0. The molecule has 0 bridgehead atoms. The van der Waals surface area contributed by atoms with E-state index in [-0.39, 0.29) is 16.8 Å². The maximum atomic E-state index is 4.06. The van der Waals surface area contributed by atoms with Gasteiger partial charge in [-0.15, -0.1) is 0 Å². The Bertz CT molecular complexity index is 451. The molecular formula is C12H11CoN3+2. The number of nitrogens with one attached hydrogen (secondary N) is 1. The molecule has 0 saturated heterocycles. The number of nitrogens with zero attached hydrogens (tertiary/aromatic N) is 2. The van der Waals surface area contributed by atoms with E-state index in [4.69, 9.17) is 0 Å². The number of fused-ring (bicyclic) bond motifs is 1. The van der Waals surface area contributed by atoms with Crippen LogP contribution in [0.25, 0.3) is 11.0 Å². The van der Waals surface area contributed by atoms with E-state index >= 15 is 0 Å². The molecular weight excluding hydrogens is 245 g/mol. The fourth-order valence-electron chi connectivity index (χ4n) is 1.19. The van der Waals surface area contributed by atoms with E-state index < -0.39 is 0 Å². The van der Waals surface area contributed by atoms with Gasteiger partial charge in [-0.3, -0.25) is 4.98 Å². The number of pyridine rings is 1. The number of aromatic nitrogens is 3. The zero-order valence-corrected chi connectivity index (χ0v) is 9.54. The summed E-state index contributed by atoms with van der Waals surface area (Å²) in [5.74, 6) is 0. The first kappa shape index (κ1) is 12.4. The van der Waals surface area contributed by atoms with Gasteiger partial charge in [0.2, 0.25) is 0 Å². The molecule has 4 heteroatoms. The van der Waals surface area contributed by atoms with Crippen LogP contribution in [0.2, 0.25) is 0 Å². The Morgan fingerprint density at radius 1 is 0.875 bits per heavy atom. The van der Waals surface area contributed by atoms with Crippen molar-refractivity contribution in [3.8, 4) is 0 Å². The molecule has 0 fully saturated rings. The molecule has 0 amide bonds. The van der Waals surface area contributed by atoms with Crippen LogP contribution in [-0.2, 0) is 16.8 Å². The van der Waals surface area contributed by atoms with Crippen LogP contribution in [0.3, 0.4) is 0 Å². The molecule has 3 nitrogen and oxygen atoms in total. The normalized spacial score (nSPS) is 8.75. The standard InChI is InChI=1S/C7H6N2.C5H5N.Co/c1-2-4-7-6(3-1)8-5-9-7;1-2-4-6-5-3-1;/h1-5H,(H,8,9);1-5H;/q;;+2. The largest absolute Gasteiger partial charge is 2.00 e. The van der Waals surface area contributed by atoms with Gasteiger partial charge in [-0.1, -0.05) is 18.2 Å². The van der Waals surface area contributed by atoms with Crippen molar-refractivity contribution in [3.05, 3.63) is 61.2 Å². The topological polar surface area (TPSA) is 41.6 Å². The fraction of sp³-hybridized carbons (Fsp3) is 0. The van der Waals surface area contributed by atoms with Gasteiger partial charge in [0, 0.05) is 12.4 Å². The van der Waals surface area contributed by atoms with Gasteiger partial charge < -0.3 is 4.98 Å². The van der Waals surface area contributed by atoms with E-state index in [1.54, 1.807) is 18.7 Å². The SMILES string of the molecule is [Co+2].c1ccc2[nH]cnc2c1.c1ccncc1. The minimum Gasteiger partial charge on any atom is -0.345 e. The third kappa shape index (κ3) is 3.49. The van der Waals surface area contributed by atoms with Gasteiger partial charge in [0.25, 0.3) is 0 Å². The van der Waals surface area contributed by atoms with Crippen LogP contribution >= 0.6 is 0 Å². The molecule has 2 heterocycles. The van der Waals surface area contributed by atoms with Crippen LogP contribution in [0.4, 0.5) is 0 Å². The second-order valence-electron chi connectivity index (χ2n) is 2.94. The summed E-state index contributed by atoms with van der Waals surface area (Å²) in [6.07, 6.45) is 5.20. The minimum atomic E-state index is 0. The van der Waals surface area contributed by atoms with Crippen molar-refractivity contribution in [1.82, 2.24) is 15.0 Å². The molecule has 0 aliphatic heterocycles. The number of imidazole rings is 1. The van der Waals surface area contributed by atoms with E-state index in [0.29, 0.717) is 0 Å². The molecule has 0 atom stereocenters. The Labute approximate surface area is 104 Å². The van der Waals surface area contributed by atoms with Crippen molar-refractivity contribution < 1.29 is 16.8 Å². The number of rotatable bonds is 0. The summed E-state index contributed by atoms with van der Waals surface area (Å²) in [6.45, 7) is 0. The summed E-state index contributed by atoms with van der Waals surface area (Å²) in [5.41, 5.74) is 2.12. The second-order valence-corrected chi connectivity index (χ2v) is 2.94. The third-order valence-electron chi connectivity index (χ3n) is 1.89. The molecule has 3 rings (SSSR count). The summed E-state index contributed by atoms with van der Waals surface area (Å²) >= 11 is 0. The first-order chi connectivity index (χ1) is 7.47. The van der Waals surface area contributed by atoms with Gasteiger partial charge in [0.05, 0.1) is 17.4 Å². The molecule has 1 radical (unpaired) electrons. The van der Waals surface area contributed by atoms with Crippen LogP contribution in [0.1, 0.15) is 0 Å². The molecule has 81 valence electrons. The van der Waals surface area contributed by atoms with Gasteiger partial charge in [0.15, 0.2) is 0 Å². The smallest absolute Gasteiger partial charge is 0.345 e. The average Bonchev–Trinajstić information content (AvgIpc) is 2.80. The predicted molar refractivity (Wildman–Crippen MR) is 60.3 cm³/mol. The monoisotopic (exact) mass is 256 g/mol. The first-order valence-corrected chi connectivity index (χ1v) is 4.70. The summed E-state index contributed by atoms with van der Waals surface area (Å²) in [4.78, 5) is 10.9. The summed E-state index contributed by atoms with van der Waals surface area (Å²) in [7, 11) is 0. The molecule has 1 N–H and O–H groups in total. The van der Waals surface area contributed by atoms with Crippen molar-refractivity contribution in [2.45, 2.75) is 0 Å². The Balaban J connectivity index is 0.000000162. The first-order valence-electron chi connectivity index (χ1n) is 4.70. The third-order valence-corrected chi connectivity index (χ3v) is 1.89. The van der Waals surface area contributed by atoms with E-state index in [9.17, 15) is 0 Å². The number of aromatic amines is 1.